The number of carbonyl (C=O) groups excluding carboxylic acids is 1. The minimum Gasteiger partial charge on any atom is -0.349 e. The molecule has 3 rings (SSSR count). The number of hydrogen-bond donors (Lipinski definition) is 2. The number of rotatable bonds is 2. The van der Waals surface area contributed by atoms with Crippen LogP contribution in [0.3, 0.4) is 0 Å². The summed E-state index contributed by atoms with van der Waals surface area (Å²) in [5.74, 6) is 1.35. The molecule has 1 aromatic carbocycles. The molecule has 1 aromatic rings. The van der Waals surface area contributed by atoms with Gasteiger partial charge in [-0.25, -0.2) is 0 Å². The van der Waals surface area contributed by atoms with Crippen molar-refractivity contribution in [3.8, 4) is 0 Å². The van der Waals surface area contributed by atoms with Gasteiger partial charge in [-0.1, -0.05) is 11.6 Å². The van der Waals surface area contributed by atoms with Crippen LogP contribution in [0.25, 0.3) is 0 Å². The van der Waals surface area contributed by atoms with Gasteiger partial charge in [0.05, 0.1) is 12.0 Å². The predicted octanol–water partition coefficient (Wildman–Crippen LogP) is 2.21. The average Bonchev–Trinajstić information content (AvgIpc) is 2.27. The number of carbonyl (C=O) groups is 1. The van der Waals surface area contributed by atoms with Gasteiger partial charge < -0.3 is 10.6 Å². The Balaban J connectivity index is 1.77. The Morgan fingerprint density at radius 1 is 1.44 bits per heavy atom. The van der Waals surface area contributed by atoms with Crippen molar-refractivity contribution in [3.63, 3.8) is 0 Å². The van der Waals surface area contributed by atoms with Crippen LogP contribution in [0, 0.1) is 5.92 Å². The molecule has 3 nitrogen and oxygen atoms in total. The molecule has 2 aliphatic heterocycles. The molecular formula is C13H15ClN2OS. The fourth-order valence-electron chi connectivity index (χ4n) is 2.28. The van der Waals surface area contributed by atoms with Gasteiger partial charge in [0.25, 0.3) is 0 Å². The van der Waals surface area contributed by atoms with E-state index >= 15 is 0 Å². The smallest absolute Gasteiger partial charge is 0.226 e. The van der Waals surface area contributed by atoms with Gasteiger partial charge in [-0.15, -0.1) is 11.8 Å². The van der Waals surface area contributed by atoms with Gasteiger partial charge in [-0.2, -0.15) is 0 Å². The molecule has 0 aromatic heterocycles. The molecule has 0 radical (unpaired) electrons. The van der Waals surface area contributed by atoms with E-state index in [1.165, 1.54) is 10.5 Å². The Labute approximate surface area is 116 Å². The molecule has 2 aliphatic rings. The lowest BCUT2D eigenvalue weighted by Gasteiger charge is -2.31. The molecule has 1 saturated heterocycles. The Hall–Kier alpha value is -0.710. The first-order valence-corrected chi connectivity index (χ1v) is 7.54. The molecule has 0 aliphatic carbocycles. The third-order valence-electron chi connectivity index (χ3n) is 3.48. The van der Waals surface area contributed by atoms with Crippen molar-refractivity contribution >= 4 is 29.3 Å². The van der Waals surface area contributed by atoms with Crippen molar-refractivity contribution in [1.29, 1.82) is 0 Å². The number of hydrogen-bond acceptors (Lipinski definition) is 3. The van der Waals surface area contributed by atoms with E-state index in [1.807, 2.05) is 30.0 Å². The maximum Gasteiger partial charge on any atom is 0.226 e. The van der Waals surface area contributed by atoms with Crippen LogP contribution in [0.2, 0.25) is 5.02 Å². The second-order valence-electron chi connectivity index (χ2n) is 4.74. The first-order valence-electron chi connectivity index (χ1n) is 6.17. The molecule has 5 heteroatoms. The van der Waals surface area contributed by atoms with Crippen molar-refractivity contribution in [3.05, 3.63) is 28.8 Å². The molecule has 0 saturated carbocycles. The topological polar surface area (TPSA) is 41.1 Å². The van der Waals surface area contributed by atoms with Crippen molar-refractivity contribution in [1.82, 2.24) is 10.6 Å². The summed E-state index contributed by atoms with van der Waals surface area (Å²) in [5.41, 5.74) is 1.17. The van der Waals surface area contributed by atoms with E-state index in [0.717, 1.165) is 30.3 Å². The summed E-state index contributed by atoms with van der Waals surface area (Å²) in [7, 11) is 0. The van der Waals surface area contributed by atoms with Crippen molar-refractivity contribution < 1.29 is 4.79 Å². The molecule has 1 fully saturated rings. The number of halogens is 1. The van der Waals surface area contributed by atoms with Gasteiger partial charge in [0.1, 0.15) is 0 Å². The van der Waals surface area contributed by atoms with Crippen LogP contribution in [0.15, 0.2) is 23.1 Å². The van der Waals surface area contributed by atoms with E-state index in [1.54, 1.807) is 0 Å². The summed E-state index contributed by atoms with van der Waals surface area (Å²) >= 11 is 7.88. The van der Waals surface area contributed by atoms with Gasteiger partial charge in [0.15, 0.2) is 0 Å². The van der Waals surface area contributed by atoms with Crippen molar-refractivity contribution in [2.45, 2.75) is 17.4 Å². The lowest BCUT2D eigenvalue weighted by atomic mass is 9.99. The summed E-state index contributed by atoms with van der Waals surface area (Å²) in [4.78, 5) is 13.2. The van der Waals surface area contributed by atoms with E-state index in [4.69, 9.17) is 11.6 Å². The summed E-state index contributed by atoms with van der Waals surface area (Å²) < 4.78 is 0. The summed E-state index contributed by atoms with van der Waals surface area (Å²) in [5, 5.41) is 7.01. The first-order chi connectivity index (χ1) is 8.74. The monoisotopic (exact) mass is 282 g/mol. The Morgan fingerprint density at radius 3 is 3.00 bits per heavy atom. The molecule has 1 unspecified atom stereocenters. The number of amides is 1. The number of fused-ring (bicyclic) bond motifs is 1. The molecular weight excluding hydrogens is 268 g/mol. The maximum atomic E-state index is 12.0. The zero-order chi connectivity index (χ0) is 12.5. The Bertz CT molecular complexity index is 476. The summed E-state index contributed by atoms with van der Waals surface area (Å²) in [6.07, 6.45) is 0.976. The largest absolute Gasteiger partial charge is 0.349 e. The highest BCUT2D eigenvalue weighted by Gasteiger charge is 2.29. The molecule has 18 heavy (non-hydrogen) atoms. The van der Waals surface area contributed by atoms with Crippen molar-refractivity contribution in [2.24, 2.45) is 5.92 Å². The molecule has 0 spiro atoms. The van der Waals surface area contributed by atoms with Gasteiger partial charge in [-0.05, 0) is 30.2 Å². The van der Waals surface area contributed by atoms with E-state index < -0.39 is 0 Å². The third-order valence-corrected chi connectivity index (χ3v) is 4.84. The standard InChI is InChI=1S/C13H15ClN2OS/c14-9-1-2-12-10(5-9)11(3-4-18-12)16-13(17)8-6-15-7-8/h1-2,5,8,11,15H,3-4,6-7H2,(H,16,17). The van der Waals surface area contributed by atoms with E-state index in [0.29, 0.717) is 0 Å². The van der Waals surface area contributed by atoms with E-state index in [-0.39, 0.29) is 17.9 Å². The minimum absolute atomic E-state index is 0.119. The highest BCUT2D eigenvalue weighted by atomic mass is 35.5. The van der Waals surface area contributed by atoms with E-state index in [9.17, 15) is 4.79 Å². The quantitative estimate of drug-likeness (QED) is 0.874. The van der Waals surface area contributed by atoms with Crippen LogP contribution in [-0.4, -0.2) is 24.7 Å². The zero-order valence-electron chi connectivity index (χ0n) is 9.91. The average molecular weight is 283 g/mol. The van der Waals surface area contributed by atoms with Crippen LogP contribution in [0.4, 0.5) is 0 Å². The fraction of sp³-hybridized carbons (Fsp3) is 0.462. The molecule has 96 valence electrons. The SMILES string of the molecule is O=C(NC1CCSc2ccc(Cl)cc21)C1CNC1. The molecule has 1 atom stereocenters. The molecule has 2 N–H and O–H groups in total. The van der Waals surface area contributed by atoms with Crippen molar-refractivity contribution in [2.75, 3.05) is 18.8 Å². The Morgan fingerprint density at radius 2 is 2.28 bits per heavy atom. The number of thioether (sulfide) groups is 1. The van der Waals surface area contributed by atoms with Crippen LogP contribution in [-0.2, 0) is 4.79 Å². The maximum absolute atomic E-state index is 12.0. The van der Waals surface area contributed by atoms with Gasteiger partial charge in [0.2, 0.25) is 5.91 Å². The number of nitrogens with one attached hydrogen (secondary N) is 2. The second kappa shape index (κ2) is 5.11. The normalized spacial score (nSPS) is 23.1. The lowest BCUT2D eigenvalue weighted by Crippen LogP contribution is -2.51. The predicted molar refractivity (Wildman–Crippen MR) is 74.0 cm³/mol. The third kappa shape index (κ3) is 2.37. The molecule has 0 bridgehead atoms. The first kappa shape index (κ1) is 12.3. The van der Waals surface area contributed by atoms with Crippen LogP contribution in [0.1, 0.15) is 18.0 Å². The highest BCUT2D eigenvalue weighted by Crippen LogP contribution is 2.37. The van der Waals surface area contributed by atoms with Crippen LogP contribution >= 0.6 is 23.4 Å². The highest BCUT2D eigenvalue weighted by molar-refractivity contribution is 7.99. The van der Waals surface area contributed by atoms with Crippen LogP contribution in [0.5, 0.6) is 0 Å². The minimum atomic E-state index is 0.119. The van der Waals surface area contributed by atoms with E-state index in [2.05, 4.69) is 10.6 Å². The van der Waals surface area contributed by atoms with Gasteiger partial charge in [0, 0.05) is 28.8 Å². The zero-order valence-corrected chi connectivity index (χ0v) is 11.5. The van der Waals surface area contributed by atoms with Crippen LogP contribution < -0.4 is 10.6 Å². The summed E-state index contributed by atoms with van der Waals surface area (Å²) in [6.45, 7) is 1.60. The van der Waals surface area contributed by atoms with Gasteiger partial charge >= 0.3 is 0 Å². The summed E-state index contributed by atoms with van der Waals surface area (Å²) in [6, 6.07) is 6.06. The fourth-order valence-corrected chi connectivity index (χ4v) is 3.57. The lowest BCUT2D eigenvalue weighted by molar-refractivity contribution is -0.127. The molecule has 1 amide bonds. The molecule has 2 heterocycles. The second-order valence-corrected chi connectivity index (χ2v) is 6.31. The number of benzene rings is 1. The Kier molecular flexibility index (Phi) is 3.50. The van der Waals surface area contributed by atoms with Gasteiger partial charge in [-0.3, -0.25) is 4.79 Å².